The molecule has 20 heavy (non-hydrogen) atoms. The lowest BCUT2D eigenvalue weighted by Gasteiger charge is -2.34. The third-order valence-corrected chi connectivity index (χ3v) is 3.42. The topological polar surface area (TPSA) is 15.3 Å². The van der Waals surface area contributed by atoms with Crippen LogP contribution < -0.4 is 5.32 Å². The van der Waals surface area contributed by atoms with Gasteiger partial charge in [-0.05, 0) is 18.2 Å². The third kappa shape index (κ3) is 3.27. The summed E-state index contributed by atoms with van der Waals surface area (Å²) in [4.78, 5) is 1.66. The molecule has 1 saturated heterocycles. The van der Waals surface area contributed by atoms with Crippen molar-refractivity contribution < 1.29 is 22.0 Å². The number of hydrogen-bond donors (Lipinski definition) is 1. The van der Waals surface area contributed by atoms with Crippen molar-refractivity contribution in [2.75, 3.05) is 32.9 Å². The SMILES string of the molecule is FC[C@H](c1cc(C(F)(F)F)ccc1F)N1CCNCC1. The Morgan fingerprint density at radius 3 is 2.40 bits per heavy atom. The van der Waals surface area contributed by atoms with E-state index >= 15 is 0 Å². The van der Waals surface area contributed by atoms with Crippen LogP contribution in [0.4, 0.5) is 22.0 Å². The number of halogens is 5. The maximum absolute atomic E-state index is 13.8. The van der Waals surface area contributed by atoms with Crippen molar-refractivity contribution in [3.8, 4) is 0 Å². The molecule has 2 nitrogen and oxygen atoms in total. The highest BCUT2D eigenvalue weighted by molar-refractivity contribution is 5.29. The van der Waals surface area contributed by atoms with Gasteiger partial charge in [-0.2, -0.15) is 13.2 Å². The summed E-state index contributed by atoms with van der Waals surface area (Å²) in [6, 6.07) is 1.16. The van der Waals surface area contributed by atoms with Gasteiger partial charge in [0.15, 0.2) is 0 Å². The highest BCUT2D eigenvalue weighted by Crippen LogP contribution is 2.33. The van der Waals surface area contributed by atoms with E-state index in [1.165, 1.54) is 0 Å². The zero-order valence-corrected chi connectivity index (χ0v) is 10.7. The van der Waals surface area contributed by atoms with Crippen LogP contribution in [0.15, 0.2) is 18.2 Å². The van der Waals surface area contributed by atoms with Crippen LogP contribution in [-0.4, -0.2) is 37.8 Å². The van der Waals surface area contributed by atoms with E-state index < -0.39 is 30.3 Å². The van der Waals surface area contributed by atoms with Gasteiger partial charge in [0.1, 0.15) is 12.5 Å². The third-order valence-electron chi connectivity index (χ3n) is 3.42. The molecule has 0 saturated carbocycles. The average molecular weight is 294 g/mol. The molecule has 1 aliphatic heterocycles. The fraction of sp³-hybridized carbons (Fsp3) is 0.538. The molecule has 1 N–H and O–H groups in total. The summed E-state index contributed by atoms with van der Waals surface area (Å²) >= 11 is 0. The molecule has 0 bridgehead atoms. The lowest BCUT2D eigenvalue weighted by atomic mass is 10.0. The van der Waals surface area contributed by atoms with E-state index in [1.54, 1.807) is 4.90 Å². The minimum atomic E-state index is -4.56. The quantitative estimate of drug-likeness (QED) is 0.862. The fourth-order valence-electron chi connectivity index (χ4n) is 2.35. The summed E-state index contributed by atoms with van der Waals surface area (Å²) in [5, 5.41) is 3.06. The highest BCUT2D eigenvalue weighted by Gasteiger charge is 2.33. The second kappa shape index (κ2) is 6.05. The Bertz CT molecular complexity index is 455. The van der Waals surface area contributed by atoms with Gasteiger partial charge in [0, 0.05) is 31.7 Å². The molecule has 2 rings (SSSR count). The molecule has 0 radical (unpaired) electrons. The smallest absolute Gasteiger partial charge is 0.314 e. The Morgan fingerprint density at radius 2 is 1.85 bits per heavy atom. The number of hydrogen-bond acceptors (Lipinski definition) is 2. The lowest BCUT2D eigenvalue weighted by Crippen LogP contribution is -2.45. The van der Waals surface area contributed by atoms with Crippen LogP contribution in [0.1, 0.15) is 17.2 Å². The molecule has 1 atom stereocenters. The first kappa shape index (κ1) is 15.2. The molecule has 7 heteroatoms. The molecule has 1 aromatic carbocycles. The van der Waals surface area contributed by atoms with Gasteiger partial charge in [-0.15, -0.1) is 0 Å². The summed E-state index contributed by atoms with van der Waals surface area (Å²) in [6.45, 7) is 1.25. The standard InChI is InChI=1S/C13H15F5N2/c14-8-12(20-5-3-19-4-6-20)10-7-9(13(16,17)18)1-2-11(10)15/h1-2,7,12,19H,3-6,8H2/t12-/m1/s1. The summed E-state index contributed by atoms with van der Waals surface area (Å²) in [7, 11) is 0. The molecule has 0 unspecified atom stereocenters. The molecule has 0 amide bonds. The number of piperazine rings is 1. The van der Waals surface area contributed by atoms with Gasteiger partial charge in [-0.1, -0.05) is 0 Å². The Hall–Kier alpha value is -1.21. The van der Waals surface area contributed by atoms with Crippen molar-refractivity contribution in [1.82, 2.24) is 10.2 Å². The van der Waals surface area contributed by atoms with Gasteiger partial charge in [0.05, 0.1) is 11.6 Å². The predicted molar refractivity (Wildman–Crippen MR) is 64.6 cm³/mol. The molecule has 1 fully saturated rings. The lowest BCUT2D eigenvalue weighted by molar-refractivity contribution is -0.137. The monoisotopic (exact) mass is 294 g/mol. The van der Waals surface area contributed by atoms with Crippen LogP contribution in [0.3, 0.4) is 0 Å². The summed E-state index contributed by atoms with van der Waals surface area (Å²) < 4.78 is 65.0. The molecule has 1 heterocycles. The van der Waals surface area contributed by atoms with E-state index in [4.69, 9.17) is 0 Å². The Labute approximate surface area is 113 Å². The average Bonchev–Trinajstić information content (AvgIpc) is 2.41. The second-order valence-electron chi connectivity index (χ2n) is 4.69. The van der Waals surface area contributed by atoms with E-state index in [2.05, 4.69) is 5.32 Å². The molecular formula is C13H15F5N2. The van der Waals surface area contributed by atoms with E-state index in [0.29, 0.717) is 38.3 Å². The number of benzene rings is 1. The first-order chi connectivity index (χ1) is 9.43. The van der Waals surface area contributed by atoms with Crippen molar-refractivity contribution in [3.63, 3.8) is 0 Å². The first-order valence-electron chi connectivity index (χ1n) is 6.31. The Balaban J connectivity index is 2.32. The zero-order chi connectivity index (χ0) is 14.8. The maximum Gasteiger partial charge on any atom is 0.416 e. The van der Waals surface area contributed by atoms with Crippen molar-refractivity contribution in [2.24, 2.45) is 0 Å². The van der Waals surface area contributed by atoms with Crippen molar-refractivity contribution >= 4 is 0 Å². The molecule has 0 spiro atoms. The van der Waals surface area contributed by atoms with Crippen LogP contribution in [-0.2, 0) is 6.18 Å². The van der Waals surface area contributed by atoms with Crippen LogP contribution in [0.25, 0.3) is 0 Å². The fourth-order valence-corrected chi connectivity index (χ4v) is 2.35. The summed E-state index contributed by atoms with van der Waals surface area (Å²) in [5.41, 5.74) is -1.19. The molecule has 0 aliphatic carbocycles. The number of alkyl halides is 4. The van der Waals surface area contributed by atoms with Gasteiger partial charge in [-0.25, -0.2) is 8.78 Å². The molecule has 0 aromatic heterocycles. The molecule has 1 aliphatic rings. The number of rotatable bonds is 3. The van der Waals surface area contributed by atoms with Gasteiger partial charge < -0.3 is 5.32 Å². The van der Waals surface area contributed by atoms with Gasteiger partial charge in [0.2, 0.25) is 0 Å². The maximum atomic E-state index is 13.8. The van der Waals surface area contributed by atoms with E-state index in [1.807, 2.05) is 0 Å². The normalized spacial score (nSPS) is 19.1. The summed E-state index contributed by atoms with van der Waals surface area (Å²) in [5.74, 6) is -0.806. The van der Waals surface area contributed by atoms with Crippen molar-refractivity contribution in [3.05, 3.63) is 35.1 Å². The largest absolute Gasteiger partial charge is 0.416 e. The van der Waals surface area contributed by atoms with E-state index in [0.717, 1.165) is 6.07 Å². The van der Waals surface area contributed by atoms with Crippen molar-refractivity contribution in [2.45, 2.75) is 12.2 Å². The second-order valence-corrected chi connectivity index (χ2v) is 4.69. The van der Waals surface area contributed by atoms with Gasteiger partial charge >= 0.3 is 6.18 Å². The number of nitrogens with zero attached hydrogens (tertiary/aromatic N) is 1. The zero-order valence-electron chi connectivity index (χ0n) is 10.7. The van der Waals surface area contributed by atoms with Gasteiger partial charge in [0.25, 0.3) is 0 Å². The van der Waals surface area contributed by atoms with E-state index in [9.17, 15) is 22.0 Å². The first-order valence-corrected chi connectivity index (χ1v) is 6.31. The Kier molecular flexibility index (Phi) is 4.59. The van der Waals surface area contributed by atoms with Crippen LogP contribution in [0.5, 0.6) is 0 Å². The minimum absolute atomic E-state index is 0.232. The van der Waals surface area contributed by atoms with E-state index in [-0.39, 0.29) is 5.56 Å². The van der Waals surface area contributed by atoms with Crippen LogP contribution >= 0.6 is 0 Å². The Morgan fingerprint density at radius 1 is 1.20 bits per heavy atom. The molecular weight excluding hydrogens is 279 g/mol. The van der Waals surface area contributed by atoms with Gasteiger partial charge in [-0.3, -0.25) is 4.90 Å². The summed E-state index contributed by atoms with van der Waals surface area (Å²) in [6.07, 6.45) is -4.56. The molecule has 112 valence electrons. The highest BCUT2D eigenvalue weighted by atomic mass is 19.4. The van der Waals surface area contributed by atoms with Crippen LogP contribution in [0.2, 0.25) is 0 Å². The van der Waals surface area contributed by atoms with Crippen LogP contribution in [0, 0.1) is 5.82 Å². The number of nitrogens with one attached hydrogen (secondary N) is 1. The molecule has 1 aromatic rings. The van der Waals surface area contributed by atoms with Crippen molar-refractivity contribution in [1.29, 1.82) is 0 Å². The predicted octanol–water partition coefficient (Wildman–Crippen LogP) is 2.76. The minimum Gasteiger partial charge on any atom is -0.314 e.